The lowest BCUT2D eigenvalue weighted by molar-refractivity contribution is -0.203. The Morgan fingerprint density at radius 3 is 2.65 bits per heavy atom. The van der Waals surface area contributed by atoms with E-state index in [-0.39, 0.29) is 5.69 Å². The number of halogens is 3. The van der Waals surface area contributed by atoms with Gasteiger partial charge in [-0.2, -0.15) is 18.3 Å². The van der Waals surface area contributed by atoms with Crippen LogP contribution in [0.3, 0.4) is 0 Å². The lowest BCUT2D eigenvalue weighted by Gasteiger charge is -2.12. The average Bonchev–Trinajstić information content (AvgIpc) is 2.56. The van der Waals surface area contributed by atoms with E-state index >= 15 is 0 Å². The van der Waals surface area contributed by atoms with Gasteiger partial charge in [-0.1, -0.05) is 18.2 Å². The van der Waals surface area contributed by atoms with Crippen LogP contribution in [0.2, 0.25) is 0 Å². The van der Waals surface area contributed by atoms with Gasteiger partial charge in [0.15, 0.2) is 6.10 Å². The van der Waals surface area contributed by atoms with Gasteiger partial charge < -0.3 is 5.11 Å². The van der Waals surface area contributed by atoms with E-state index in [1.165, 1.54) is 4.68 Å². The van der Waals surface area contributed by atoms with Crippen molar-refractivity contribution in [1.29, 1.82) is 0 Å². The second-order valence-electron chi connectivity index (χ2n) is 3.85. The first-order valence-electron chi connectivity index (χ1n) is 5.05. The highest BCUT2D eigenvalue weighted by molar-refractivity contribution is 5.81. The van der Waals surface area contributed by atoms with Crippen molar-refractivity contribution in [3.05, 3.63) is 30.0 Å². The van der Waals surface area contributed by atoms with E-state index in [4.69, 9.17) is 5.11 Å². The van der Waals surface area contributed by atoms with Crippen LogP contribution in [0.4, 0.5) is 13.2 Å². The van der Waals surface area contributed by atoms with E-state index in [1.54, 1.807) is 31.3 Å². The Morgan fingerprint density at radius 2 is 2.00 bits per heavy atom. The molecule has 1 aromatic carbocycles. The number of alkyl halides is 3. The van der Waals surface area contributed by atoms with Crippen molar-refractivity contribution in [2.24, 2.45) is 7.05 Å². The molecule has 1 atom stereocenters. The monoisotopic (exact) mass is 244 g/mol. The van der Waals surface area contributed by atoms with Gasteiger partial charge in [0, 0.05) is 18.9 Å². The van der Waals surface area contributed by atoms with Gasteiger partial charge >= 0.3 is 6.18 Å². The fraction of sp³-hybridized carbons (Fsp3) is 0.364. The van der Waals surface area contributed by atoms with Crippen molar-refractivity contribution in [2.75, 3.05) is 0 Å². The van der Waals surface area contributed by atoms with Crippen molar-refractivity contribution in [2.45, 2.75) is 18.7 Å². The van der Waals surface area contributed by atoms with Gasteiger partial charge in [-0.05, 0) is 6.07 Å². The molecule has 0 aliphatic heterocycles. The highest BCUT2D eigenvalue weighted by Gasteiger charge is 2.38. The molecule has 3 nitrogen and oxygen atoms in total. The summed E-state index contributed by atoms with van der Waals surface area (Å²) in [5, 5.41) is 13.7. The van der Waals surface area contributed by atoms with Crippen LogP contribution in [-0.4, -0.2) is 27.2 Å². The standard InChI is InChI=1S/C11H11F3N2O/c1-16-9-5-3-2-4-7(9)8(15-16)6-10(17)11(12,13)14/h2-5,10,17H,6H2,1H3/t10-/m1/s1. The van der Waals surface area contributed by atoms with E-state index < -0.39 is 18.7 Å². The highest BCUT2D eigenvalue weighted by atomic mass is 19.4. The number of benzene rings is 1. The van der Waals surface area contributed by atoms with E-state index in [0.29, 0.717) is 5.39 Å². The lowest BCUT2D eigenvalue weighted by Crippen LogP contribution is -2.30. The molecule has 2 rings (SSSR count). The predicted octanol–water partition coefficient (Wildman–Crippen LogP) is 2.04. The molecule has 1 heterocycles. The topological polar surface area (TPSA) is 38.0 Å². The summed E-state index contributed by atoms with van der Waals surface area (Å²) < 4.78 is 38.3. The SMILES string of the molecule is Cn1nc(C[C@@H](O)C(F)(F)F)c2ccccc21. The molecule has 1 N–H and O–H groups in total. The predicted molar refractivity (Wildman–Crippen MR) is 56.5 cm³/mol. The van der Waals surface area contributed by atoms with Crippen LogP contribution in [0, 0.1) is 0 Å². The Morgan fingerprint density at radius 1 is 1.35 bits per heavy atom. The summed E-state index contributed by atoms with van der Waals surface area (Å²) in [4.78, 5) is 0. The maximum absolute atomic E-state index is 12.3. The van der Waals surface area contributed by atoms with Crippen LogP contribution in [-0.2, 0) is 13.5 Å². The molecule has 0 saturated carbocycles. The number of hydrogen-bond acceptors (Lipinski definition) is 2. The van der Waals surface area contributed by atoms with Crippen LogP contribution >= 0.6 is 0 Å². The van der Waals surface area contributed by atoms with Crippen molar-refractivity contribution in [1.82, 2.24) is 9.78 Å². The molecule has 92 valence electrons. The Hall–Kier alpha value is -1.56. The van der Waals surface area contributed by atoms with Crippen LogP contribution < -0.4 is 0 Å². The third-order valence-electron chi connectivity index (χ3n) is 2.60. The van der Waals surface area contributed by atoms with Crippen molar-refractivity contribution in [3.8, 4) is 0 Å². The van der Waals surface area contributed by atoms with E-state index in [9.17, 15) is 13.2 Å². The molecule has 17 heavy (non-hydrogen) atoms. The molecule has 1 aromatic heterocycles. The molecular weight excluding hydrogens is 233 g/mol. The quantitative estimate of drug-likeness (QED) is 0.877. The number of hydrogen-bond donors (Lipinski definition) is 1. The summed E-state index contributed by atoms with van der Waals surface area (Å²) in [5.74, 6) is 0. The Balaban J connectivity index is 2.37. The normalized spacial score (nSPS) is 14.2. The molecule has 6 heteroatoms. The van der Waals surface area contributed by atoms with Crippen molar-refractivity contribution < 1.29 is 18.3 Å². The summed E-state index contributed by atoms with van der Waals surface area (Å²) >= 11 is 0. The zero-order valence-electron chi connectivity index (χ0n) is 9.07. The number of para-hydroxylation sites is 1. The van der Waals surface area contributed by atoms with E-state index in [0.717, 1.165) is 5.52 Å². The van der Waals surface area contributed by atoms with Gasteiger partial charge in [0.05, 0.1) is 11.2 Å². The molecule has 0 saturated heterocycles. The summed E-state index contributed by atoms with van der Waals surface area (Å²) in [6.07, 6.45) is -7.51. The Bertz CT molecular complexity index is 533. The summed E-state index contributed by atoms with van der Waals surface area (Å²) in [6, 6.07) is 6.98. The zero-order valence-corrected chi connectivity index (χ0v) is 9.07. The van der Waals surface area contributed by atoms with Gasteiger partial charge in [0.1, 0.15) is 0 Å². The van der Waals surface area contributed by atoms with Crippen LogP contribution in [0.1, 0.15) is 5.69 Å². The first-order valence-corrected chi connectivity index (χ1v) is 5.05. The number of aliphatic hydroxyl groups excluding tert-OH is 1. The number of fused-ring (bicyclic) bond motifs is 1. The van der Waals surface area contributed by atoms with Crippen LogP contribution in [0.25, 0.3) is 10.9 Å². The molecule has 0 aliphatic rings. The average molecular weight is 244 g/mol. The fourth-order valence-electron chi connectivity index (χ4n) is 1.74. The molecule has 0 fully saturated rings. The smallest absolute Gasteiger partial charge is 0.383 e. The lowest BCUT2D eigenvalue weighted by atomic mass is 10.1. The number of rotatable bonds is 2. The van der Waals surface area contributed by atoms with Crippen molar-refractivity contribution >= 4 is 10.9 Å². The number of aromatic nitrogens is 2. The van der Waals surface area contributed by atoms with Gasteiger partial charge in [-0.25, -0.2) is 0 Å². The summed E-state index contributed by atoms with van der Waals surface area (Å²) in [5.41, 5.74) is 1.00. The van der Waals surface area contributed by atoms with Gasteiger partial charge in [0.2, 0.25) is 0 Å². The number of nitrogens with zero attached hydrogens (tertiary/aromatic N) is 2. The number of aliphatic hydroxyl groups is 1. The molecule has 0 amide bonds. The summed E-state index contributed by atoms with van der Waals surface area (Å²) in [6.45, 7) is 0. The Labute approximate surface area is 95.5 Å². The first kappa shape index (κ1) is 11.9. The number of aryl methyl sites for hydroxylation is 1. The minimum atomic E-state index is -4.61. The summed E-state index contributed by atoms with van der Waals surface area (Å²) in [7, 11) is 1.66. The van der Waals surface area contributed by atoms with Gasteiger partial charge in [-0.15, -0.1) is 0 Å². The highest BCUT2D eigenvalue weighted by Crippen LogP contribution is 2.25. The molecule has 0 bridgehead atoms. The van der Waals surface area contributed by atoms with E-state index in [2.05, 4.69) is 5.10 Å². The molecular formula is C11H11F3N2O. The van der Waals surface area contributed by atoms with E-state index in [1.807, 2.05) is 0 Å². The van der Waals surface area contributed by atoms with Crippen LogP contribution in [0.5, 0.6) is 0 Å². The largest absolute Gasteiger partial charge is 0.414 e. The third kappa shape index (κ3) is 2.26. The van der Waals surface area contributed by atoms with Gasteiger partial charge in [0.25, 0.3) is 0 Å². The molecule has 2 aromatic rings. The molecule has 0 spiro atoms. The minimum absolute atomic E-state index is 0.257. The molecule has 0 unspecified atom stereocenters. The molecule has 0 radical (unpaired) electrons. The zero-order chi connectivity index (χ0) is 12.6. The molecule has 0 aliphatic carbocycles. The Kier molecular flexibility index (Phi) is 2.82. The second kappa shape index (κ2) is 4.03. The van der Waals surface area contributed by atoms with Crippen LogP contribution in [0.15, 0.2) is 24.3 Å². The third-order valence-corrected chi connectivity index (χ3v) is 2.60. The maximum atomic E-state index is 12.3. The van der Waals surface area contributed by atoms with Gasteiger partial charge in [-0.3, -0.25) is 4.68 Å². The fourth-order valence-corrected chi connectivity index (χ4v) is 1.74. The second-order valence-corrected chi connectivity index (χ2v) is 3.85. The first-order chi connectivity index (χ1) is 7.89. The minimum Gasteiger partial charge on any atom is -0.383 e. The maximum Gasteiger partial charge on any atom is 0.414 e. The van der Waals surface area contributed by atoms with Crippen molar-refractivity contribution in [3.63, 3.8) is 0 Å².